The van der Waals surface area contributed by atoms with Crippen LogP contribution < -0.4 is 5.32 Å². The van der Waals surface area contributed by atoms with E-state index >= 15 is 0 Å². The number of fused-ring (bicyclic) bond motifs is 5. The third-order valence-corrected chi connectivity index (χ3v) is 7.32. The fraction of sp³-hybridized carbons (Fsp3) is 0.444. The van der Waals surface area contributed by atoms with Crippen LogP contribution in [0.4, 0.5) is 0 Å². The zero-order valence-corrected chi connectivity index (χ0v) is 19.8. The van der Waals surface area contributed by atoms with E-state index in [1.54, 1.807) is 0 Å². The fourth-order valence-electron chi connectivity index (χ4n) is 5.80. The molecule has 0 bridgehead atoms. The van der Waals surface area contributed by atoms with Crippen LogP contribution in [0, 0.1) is 0 Å². The molecule has 3 heterocycles. The summed E-state index contributed by atoms with van der Waals surface area (Å²) < 4.78 is 5.33. The lowest BCUT2D eigenvalue weighted by molar-refractivity contribution is -0.152. The molecular weight excluding hydrogens is 412 g/mol. The van der Waals surface area contributed by atoms with Gasteiger partial charge >= 0.3 is 5.97 Å². The normalized spacial score (nSPS) is 25.1. The van der Waals surface area contributed by atoms with E-state index in [1.165, 1.54) is 29.3 Å². The number of nitrogens with one attached hydrogen (secondary N) is 2. The molecule has 5 rings (SSSR count). The highest BCUT2D eigenvalue weighted by Crippen LogP contribution is 2.48. The molecule has 6 heteroatoms. The molecule has 1 aromatic heterocycles. The van der Waals surface area contributed by atoms with Gasteiger partial charge < -0.3 is 19.9 Å². The number of H-pyrrole nitrogens is 1. The zero-order chi connectivity index (χ0) is 22.9. The van der Waals surface area contributed by atoms with E-state index in [0.29, 0.717) is 12.5 Å². The standard InChI is InChI=1S/C27H34N4O2/c1-30(2)14-13-28-19-15-23(18-9-5-4-6-10-18)31-24(16-19)26-21(17-25(31)27(32)33-3)20-11-7-8-12-22(20)29-26/h4-12,19,23-25,28-29H,13-17H2,1-3H3/t19-,23+,24-,25+/m1/s1. The monoisotopic (exact) mass is 446 g/mol. The van der Waals surface area contributed by atoms with Gasteiger partial charge in [-0.05, 0) is 44.1 Å². The number of hydrogen-bond acceptors (Lipinski definition) is 5. The van der Waals surface area contributed by atoms with Crippen LogP contribution in [0.1, 0.15) is 41.7 Å². The van der Waals surface area contributed by atoms with E-state index in [9.17, 15) is 4.79 Å². The molecule has 0 aliphatic carbocycles. The molecule has 6 nitrogen and oxygen atoms in total. The molecule has 1 saturated heterocycles. The van der Waals surface area contributed by atoms with Gasteiger partial charge in [-0.2, -0.15) is 0 Å². The number of carbonyl (C=O) groups is 1. The smallest absolute Gasteiger partial charge is 0.323 e. The van der Waals surface area contributed by atoms with Crippen molar-refractivity contribution >= 4 is 16.9 Å². The molecule has 3 aromatic rings. The van der Waals surface area contributed by atoms with Crippen molar-refractivity contribution in [3.05, 3.63) is 71.4 Å². The summed E-state index contributed by atoms with van der Waals surface area (Å²) in [5.74, 6) is -0.143. The Morgan fingerprint density at radius 1 is 1.09 bits per heavy atom. The number of likely N-dealkylation sites (N-methyl/N-ethyl adjacent to an activating group) is 1. The Balaban J connectivity index is 1.58. The van der Waals surface area contributed by atoms with E-state index in [4.69, 9.17) is 4.74 Å². The first-order valence-electron chi connectivity index (χ1n) is 11.9. The van der Waals surface area contributed by atoms with Gasteiger partial charge in [0, 0.05) is 48.2 Å². The topological polar surface area (TPSA) is 60.6 Å². The number of rotatable bonds is 6. The first kappa shape index (κ1) is 22.1. The maximum absolute atomic E-state index is 13.1. The highest BCUT2D eigenvalue weighted by molar-refractivity contribution is 5.87. The first-order chi connectivity index (χ1) is 16.1. The number of ether oxygens (including phenoxy) is 1. The van der Waals surface area contributed by atoms with Crippen molar-refractivity contribution < 1.29 is 9.53 Å². The molecule has 2 N–H and O–H groups in total. The van der Waals surface area contributed by atoms with E-state index in [1.807, 2.05) is 0 Å². The predicted octanol–water partition coefficient (Wildman–Crippen LogP) is 3.66. The minimum Gasteiger partial charge on any atom is -0.468 e. The molecule has 1 fully saturated rings. The predicted molar refractivity (Wildman–Crippen MR) is 131 cm³/mol. The lowest BCUT2D eigenvalue weighted by atomic mass is 9.79. The van der Waals surface area contributed by atoms with Crippen molar-refractivity contribution in [2.75, 3.05) is 34.3 Å². The minimum atomic E-state index is -0.292. The molecule has 0 spiro atoms. The molecule has 33 heavy (non-hydrogen) atoms. The number of carbonyl (C=O) groups excluding carboxylic acids is 1. The number of nitrogens with zero attached hydrogens (tertiary/aromatic N) is 2. The van der Waals surface area contributed by atoms with Gasteiger partial charge in [-0.3, -0.25) is 9.69 Å². The van der Waals surface area contributed by atoms with E-state index in [-0.39, 0.29) is 24.1 Å². The summed E-state index contributed by atoms with van der Waals surface area (Å²) in [6.07, 6.45) is 2.60. The highest BCUT2D eigenvalue weighted by Gasteiger charge is 2.48. The Kier molecular flexibility index (Phi) is 6.23. The van der Waals surface area contributed by atoms with E-state index < -0.39 is 0 Å². The molecule has 2 aliphatic heterocycles. The lowest BCUT2D eigenvalue weighted by Crippen LogP contribution is -2.56. The number of benzene rings is 2. The average molecular weight is 447 g/mol. The van der Waals surface area contributed by atoms with Crippen LogP contribution in [0.3, 0.4) is 0 Å². The number of aromatic amines is 1. The Labute approximate surface area is 195 Å². The molecule has 4 atom stereocenters. The van der Waals surface area contributed by atoms with Crippen molar-refractivity contribution in [2.24, 2.45) is 0 Å². The van der Waals surface area contributed by atoms with Crippen molar-refractivity contribution in [1.29, 1.82) is 0 Å². The van der Waals surface area contributed by atoms with E-state index in [0.717, 1.165) is 31.4 Å². The number of aromatic nitrogens is 1. The first-order valence-corrected chi connectivity index (χ1v) is 11.9. The van der Waals surface area contributed by atoms with Crippen LogP contribution in [0.25, 0.3) is 10.9 Å². The van der Waals surface area contributed by atoms with Crippen molar-refractivity contribution in [2.45, 2.75) is 43.4 Å². The van der Waals surface area contributed by atoms with Crippen LogP contribution in [0.5, 0.6) is 0 Å². The summed E-state index contributed by atoms with van der Waals surface area (Å²) in [6.45, 7) is 1.95. The second kappa shape index (κ2) is 9.29. The van der Waals surface area contributed by atoms with Gasteiger partial charge in [0.15, 0.2) is 0 Å². The number of piperidine rings is 1. The SMILES string of the molecule is COC(=O)[C@@H]1Cc2c([nH]c3ccccc23)[C@H]2C[C@H](NCCN(C)C)C[C@@H](c3ccccc3)N21. The van der Waals surface area contributed by atoms with Gasteiger partial charge in [-0.1, -0.05) is 48.5 Å². The van der Waals surface area contributed by atoms with Crippen molar-refractivity contribution in [1.82, 2.24) is 20.1 Å². The van der Waals surface area contributed by atoms with Crippen LogP contribution in [0.2, 0.25) is 0 Å². The third-order valence-electron chi connectivity index (χ3n) is 7.32. The summed E-state index contributed by atoms with van der Waals surface area (Å²) in [4.78, 5) is 21.5. The Morgan fingerprint density at radius 3 is 2.58 bits per heavy atom. The van der Waals surface area contributed by atoms with Gasteiger partial charge in [0.05, 0.1) is 13.2 Å². The Hall–Kier alpha value is -2.67. The minimum absolute atomic E-state index is 0.126. The van der Waals surface area contributed by atoms with Crippen LogP contribution in [0.15, 0.2) is 54.6 Å². The number of methoxy groups -OCH3 is 1. The summed E-state index contributed by atoms with van der Waals surface area (Å²) in [5, 5.41) is 5.03. The maximum atomic E-state index is 13.1. The summed E-state index contributed by atoms with van der Waals surface area (Å²) >= 11 is 0. The second-order valence-corrected chi connectivity index (χ2v) is 9.62. The van der Waals surface area contributed by atoms with Gasteiger partial charge in [0.25, 0.3) is 0 Å². The molecule has 0 amide bonds. The van der Waals surface area contributed by atoms with E-state index in [2.05, 4.69) is 88.8 Å². The molecule has 174 valence electrons. The van der Waals surface area contributed by atoms with Crippen LogP contribution >= 0.6 is 0 Å². The van der Waals surface area contributed by atoms with Gasteiger partial charge in [-0.15, -0.1) is 0 Å². The summed E-state index contributed by atoms with van der Waals surface area (Å²) in [5.41, 5.74) is 4.93. The molecule has 2 aliphatic rings. The maximum Gasteiger partial charge on any atom is 0.323 e. The number of esters is 1. The van der Waals surface area contributed by atoms with Crippen molar-refractivity contribution in [3.63, 3.8) is 0 Å². The van der Waals surface area contributed by atoms with Gasteiger partial charge in [-0.25, -0.2) is 0 Å². The largest absolute Gasteiger partial charge is 0.468 e. The molecule has 0 radical (unpaired) electrons. The highest BCUT2D eigenvalue weighted by atomic mass is 16.5. The molecule has 2 aromatic carbocycles. The summed E-state index contributed by atoms with van der Waals surface area (Å²) in [7, 11) is 5.72. The second-order valence-electron chi connectivity index (χ2n) is 9.62. The average Bonchev–Trinajstić information content (AvgIpc) is 3.22. The quantitative estimate of drug-likeness (QED) is 0.566. The fourth-order valence-corrected chi connectivity index (χ4v) is 5.80. The van der Waals surface area contributed by atoms with Crippen LogP contribution in [-0.4, -0.2) is 67.1 Å². The molecule has 0 saturated carbocycles. The summed E-state index contributed by atoms with van der Waals surface area (Å²) in [6, 6.07) is 19.4. The van der Waals surface area contributed by atoms with Gasteiger partial charge in [0.2, 0.25) is 0 Å². The van der Waals surface area contributed by atoms with Crippen LogP contribution in [-0.2, 0) is 16.0 Å². The van der Waals surface area contributed by atoms with Crippen molar-refractivity contribution in [3.8, 4) is 0 Å². The Bertz CT molecular complexity index is 1110. The molecule has 0 unspecified atom stereocenters. The van der Waals surface area contributed by atoms with Gasteiger partial charge in [0.1, 0.15) is 6.04 Å². The molecular formula is C27H34N4O2. The lowest BCUT2D eigenvalue weighted by Gasteiger charge is -2.50. The third kappa shape index (κ3) is 4.19. The number of hydrogen-bond donors (Lipinski definition) is 2. The number of para-hydroxylation sites is 1. The zero-order valence-electron chi connectivity index (χ0n) is 19.8. The Morgan fingerprint density at radius 2 is 1.82 bits per heavy atom.